The van der Waals surface area contributed by atoms with E-state index in [1.54, 1.807) is 32.3 Å². The Labute approximate surface area is 135 Å². The van der Waals surface area contributed by atoms with Crippen LogP contribution < -0.4 is 14.8 Å². The Hall–Kier alpha value is -2.57. The van der Waals surface area contributed by atoms with Gasteiger partial charge in [0.25, 0.3) is 5.91 Å². The van der Waals surface area contributed by atoms with Crippen molar-refractivity contribution in [3.63, 3.8) is 0 Å². The summed E-state index contributed by atoms with van der Waals surface area (Å²) in [6.45, 7) is 2.14. The average molecular weight is 322 g/mol. The largest absolute Gasteiger partial charge is 0.493 e. The Morgan fingerprint density at radius 3 is 2.61 bits per heavy atom. The van der Waals surface area contributed by atoms with Gasteiger partial charge in [-0.15, -0.1) is 0 Å². The van der Waals surface area contributed by atoms with Crippen molar-refractivity contribution in [1.29, 1.82) is 0 Å². The molecule has 2 amide bonds. The molecule has 0 aliphatic carbocycles. The van der Waals surface area contributed by atoms with E-state index in [1.807, 2.05) is 6.92 Å². The number of amides is 2. The summed E-state index contributed by atoms with van der Waals surface area (Å²) in [7, 11) is 3.20. The van der Waals surface area contributed by atoms with Crippen molar-refractivity contribution in [3.8, 4) is 11.5 Å². The minimum Gasteiger partial charge on any atom is -0.493 e. The fourth-order valence-electron chi connectivity index (χ4n) is 1.57. The van der Waals surface area contributed by atoms with E-state index in [4.69, 9.17) is 9.47 Å². The minimum atomic E-state index is -0.447. The molecule has 23 heavy (non-hydrogen) atoms. The predicted molar refractivity (Wildman–Crippen MR) is 84.8 cm³/mol. The van der Waals surface area contributed by atoms with Crippen molar-refractivity contribution in [2.45, 2.75) is 13.3 Å². The fraction of sp³-hybridized carbons (Fsp3) is 0.438. The molecular formula is C16H22N2O5. The van der Waals surface area contributed by atoms with Gasteiger partial charge in [0.05, 0.1) is 18.7 Å². The number of likely N-dealkylation sites (N-methyl/N-ethyl adjacent to an activating group) is 1. The third-order valence-electron chi connectivity index (χ3n) is 2.88. The number of nitrogens with one attached hydrogen (secondary N) is 1. The van der Waals surface area contributed by atoms with Crippen molar-refractivity contribution >= 4 is 18.1 Å². The van der Waals surface area contributed by atoms with E-state index >= 15 is 0 Å². The van der Waals surface area contributed by atoms with Gasteiger partial charge in [-0.3, -0.25) is 14.4 Å². The molecule has 1 rings (SSSR count). The zero-order valence-corrected chi connectivity index (χ0v) is 13.6. The molecule has 0 saturated carbocycles. The number of hydrogen-bond donors (Lipinski definition) is 1. The lowest BCUT2D eigenvalue weighted by atomic mass is 10.2. The summed E-state index contributed by atoms with van der Waals surface area (Å²) in [5, 5.41) is 2.45. The van der Waals surface area contributed by atoms with Crippen LogP contribution in [0.4, 0.5) is 0 Å². The molecule has 0 atom stereocenters. The quantitative estimate of drug-likeness (QED) is 0.682. The van der Waals surface area contributed by atoms with E-state index < -0.39 is 5.91 Å². The number of nitrogens with zero attached hydrogens (tertiary/aromatic N) is 1. The Kier molecular flexibility index (Phi) is 7.59. The van der Waals surface area contributed by atoms with E-state index in [9.17, 15) is 14.4 Å². The Balaban J connectivity index is 2.59. The minimum absolute atomic E-state index is 0.102. The van der Waals surface area contributed by atoms with E-state index in [1.165, 1.54) is 4.90 Å². The molecule has 0 fully saturated rings. The molecule has 0 spiro atoms. The van der Waals surface area contributed by atoms with Crippen molar-refractivity contribution in [1.82, 2.24) is 10.2 Å². The van der Waals surface area contributed by atoms with E-state index in [-0.39, 0.29) is 24.8 Å². The fourth-order valence-corrected chi connectivity index (χ4v) is 1.57. The molecule has 0 radical (unpaired) electrons. The van der Waals surface area contributed by atoms with Crippen molar-refractivity contribution < 1.29 is 23.9 Å². The first-order valence-electron chi connectivity index (χ1n) is 7.29. The molecule has 0 aliphatic rings. The molecule has 0 bridgehead atoms. The van der Waals surface area contributed by atoms with Crippen LogP contribution >= 0.6 is 0 Å². The van der Waals surface area contributed by atoms with E-state index in [0.29, 0.717) is 24.2 Å². The molecule has 0 unspecified atom stereocenters. The van der Waals surface area contributed by atoms with Gasteiger partial charge in [0.15, 0.2) is 12.9 Å². The third kappa shape index (κ3) is 6.37. The number of hydrogen-bond acceptors (Lipinski definition) is 5. The van der Waals surface area contributed by atoms with Gasteiger partial charge in [-0.25, -0.2) is 0 Å². The van der Waals surface area contributed by atoms with Crippen LogP contribution in [0, 0.1) is 0 Å². The second kappa shape index (κ2) is 9.45. The first kappa shape index (κ1) is 18.5. The second-order valence-corrected chi connectivity index (χ2v) is 5.02. The number of carbonyl (C=O) groups excluding carboxylic acids is 3. The lowest BCUT2D eigenvalue weighted by molar-refractivity contribution is -0.131. The molecule has 1 aromatic carbocycles. The van der Waals surface area contributed by atoms with E-state index in [0.717, 1.165) is 6.42 Å². The highest BCUT2D eigenvalue weighted by atomic mass is 16.5. The summed E-state index contributed by atoms with van der Waals surface area (Å²) < 4.78 is 10.8. The second-order valence-electron chi connectivity index (χ2n) is 5.02. The molecule has 0 heterocycles. The molecular weight excluding hydrogens is 300 g/mol. The zero-order chi connectivity index (χ0) is 17.2. The highest BCUT2D eigenvalue weighted by Crippen LogP contribution is 2.23. The highest BCUT2D eigenvalue weighted by molar-refractivity contribution is 5.85. The molecule has 1 N–H and O–H groups in total. The van der Waals surface area contributed by atoms with E-state index in [2.05, 4.69) is 5.32 Å². The lowest BCUT2D eigenvalue weighted by Crippen LogP contribution is -2.38. The molecule has 0 saturated heterocycles. The SMILES string of the molecule is CCCOc1ccc(C=O)c(OCC(=O)NCC(=O)N(C)C)c1. The van der Waals surface area contributed by atoms with Crippen LogP contribution in [0.15, 0.2) is 18.2 Å². The van der Waals surface area contributed by atoms with Gasteiger partial charge in [-0.2, -0.15) is 0 Å². The molecule has 1 aromatic rings. The number of carbonyl (C=O) groups is 3. The number of aldehydes is 1. The van der Waals surface area contributed by atoms with Crippen molar-refractivity contribution in [2.24, 2.45) is 0 Å². The zero-order valence-electron chi connectivity index (χ0n) is 13.6. The summed E-state index contributed by atoms with van der Waals surface area (Å²) >= 11 is 0. The monoisotopic (exact) mass is 322 g/mol. The molecule has 7 nitrogen and oxygen atoms in total. The number of rotatable bonds is 9. The summed E-state index contributed by atoms with van der Waals surface area (Å²) in [6.07, 6.45) is 1.50. The Morgan fingerprint density at radius 1 is 1.26 bits per heavy atom. The summed E-state index contributed by atoms with van der Waals surface area (Å²) in [6, 6.07) is 4.81. The summed E-state index contributed by atoms with van der Waals surface area (Å²) in [5.41, 5.74) is 0.325. The molecule has 7 heteroatoms. The summed E-state index contributed by atoms with van der Waals surface area (Å²) in [4.78, 5) is 35.4. The van der Waals surface area contributed by atoms with Gasteiger partial charge in [-0.05, 0) is 18.6 Å². The topological polar surface area (TPSA) is 84.9 Å². The van der Waals surface area contributed by atoms with Crippen LogP contribution in [0.2, 0.25) is 0 Å². The van der Waals surface area contributed by atoms with Crippen LogP contribution in [-0.2, 0) is 9.59 Å². The normalized spacial score (nSPS) is 9.87. The van der Waals surface area contributed by atoms with Crippen LogP contribution in [0.3, 0.4) is 0 Å². The van der Waals surface area contributed by atoms with Gasteiger partial charge in [-0.1, -0.05) is 6.92 Å². The van der Waals surface area contributed by atoms with Gasteiger partial charge in [0.1, 0.15) is 11.5 Å². The first-order chi connectivity index (χ1) is 11.0. The number of ether oxygens (including phenoxy) is 2. The highest BCUT2D eigenvalue weighted by Gasteiger charge is 2.10. The molecule has 0 aliphatic heterocycles. The van der Waals surface area contributed by atoms with Gasteiger partial charge >= 0.3 is 0 Å². The Bertz CT molecular complexity index is 557. The van der Waals surface area contributed by atoms with Crippen LogP contribution in [0.25, 0.3) is 0 Å². The lowest BCUT2D eigenvalue weighted by Gasteiger charge is -2.13. The van der Waals surface area contributed by atoms with Crippen molar-refractivity contribution in [2.75, 3.05) is 33.9 Å². The van der Waals surface area contributed by atoms with Gasteiger partial charge in [0.2, 0.25) is 5.91 Å². The van der Waals surface area contributed by atoms with Crippen LogP contribution in [0.1, 0.15) is 23.7 Å². The van der Waals surface area contributed by atoms with Gasteiger partial charge in [0, 0.05) is 20.2 Å². The first-order valence-corrected chi connectivity index (χ1v) is 7.29. The number of benzene rings is 1. The maximum Gasteiger partial charge on any atom is 0.258 e. The standard InChI is InChI=1S/C16H22N2O5/c1-4-7-22-13-6-5-12(10-19)14(8-13)23-11-15(20)17-9-16(21)18(2)3/h5-6,8,10H,4,7,9,11H2,1-3H3,(H,17,20). The smallest absolute Gasteiger partial charge is 0.258 e. The van der Waals surface area contributed by atoms with Crippen LogP contribution in [-0.4, -0.2) is 56.9 Å². The Morgan fingerprint density at radius 2 is 2.00 bits per heavy atom. The predicted octanol–water partition coefficient (Wildman–Crippen LogP) is 0.871. The van der Waals surface area contributed by atoms with Crippen LogP contribution in [0.5, 0.6) is 11.5 Å². The molecule has 126 valence electrons. The maximum absolute atomic E-state index is 11.7. The molecule has 0 aromatic heterocycles. The summed E-state index contributed by atoms with van der Waals surface area (Å²) in [5.74, 6) is 0.164. The maximum atomic E-state index is 11.7. The average Bonchev–Trinajstić information content (AvgIpc) is 2.55. The third-order valence-corrected chi connectivity index (χ3v) is 2.88. The van der Waals surface area contributed by atoms with Crippen molar-refractivity contribution in [3.05, 3.63) is 23.8 Å². The van der Waals surface area contributed by atoms with Gasteiger partial charge < -0.3 is 19.7 Å².